The van der Waals surface area contributed by atoms with E-state index in [1.165, 1.54) is 0 Å². The highest BCUT2D eigenvalue weighted by Gasteiger charge is 2.15. The average Bonchev–Trinajstić information content (AvgIpc) is 2.11. The molecule has 0 aliphatic heterocycles. The Morgan fingerprint density at radius 3 is 2.29 bits per heavy atom. The molecule has 0 aliphatic rings. The lowest BCUT2D eigenvalue weighted by molar-refractivity contribution is 0.207. The van der Waals surface area contributed by atoms with E-state index in [4.69, 9.17) is 10.2 Å². The van der Waals surface area contributed by atoms with E-state index in [0.29, 0.717) is 6.61 Å². The zero-order chi connectivity index (χ0) is 10.9. The van der Waals surface area contributed by atoms with Crippen LogP contribution in [0, 0.1) is 5.41 Å². The summed E-state index contributed by atoms with van der Waals surface area (Å²) in [6.07, 6.45) is 3.96. The molecule has 0 spiro atoms. The van der Waals surface area contributed by atoms with E-state index in [1.807, 2.05) is 0 Å². The van der Waals surface area contributed by atoms with Crippen molar-refractivity contribution in [2.75, 3.05) is 26.3 Å². The highest BCUT2D eigenvalue weighted by Crippen LogP contribution is 2.17. The molecule has 86 valence electrons. The molecule has 0 heterocycles. The van der Waals surface area contributed by atoms with Gasteiger partial charge in [0.15, 0.2) is 0 Å². The first kappa shape index (κ1) is 13.9. The van der Waals surface area contributed by atoms with Crippen molar-refractivity contribution in [2.45, 2.75) is 39.5 Å². The molecule has 3 N–H and O–H groups in total. The zero-order valence-electron chi connectivity index (χ0n) is 9.55. The van der Waals surface area contributed by atoms with Crippen LogP contribution in [0.3, 0.4) is 0 Å². The summed E-state index contributed by atoms with van der Waals surface area (Å²) in [6, 6.07) is 0. The van der Waals surface area contributed by atoms with Gasteiger partial charge < -0.3 is 15.5 Å². The minimum absolute atomic E-state index is 0.186. The number of hydrogen-bond donors (Lipinski definition) is 3. The van der Waals surface area contributed by atoms with E-state index in [0.717, 1.165) is 38.8 Å². The van der Waals surface area contributed by atoms with Crippen molar-refractivity contribution in [3.05, 3.63) is 0 Å². The Morgan fingerprint density at radius 2 is 1.71 bits per heavy atom. The molecule has 0 amide bonds. The fraction of sp³-hybridized carbons (Fsp3) is 1.00. The summed E-state index contributed by atoms with van der Waals surface area (Å²) in [5.74, 6) is 0. The van der Waals surface area contributed by atoms with Gasteiger partial charge in [-0.25, -0.2) is 0 Å². The van der Waals surface area contributed by atoms with Gasteiger partial charge in [-0.2, -0.15) is 0 Å². The lowest BCUT2D eigenvalue weighted by Gasteiger charge is -2.23. The van der Waals surface area contributed by atoms with E-state index in [1.54, 1.807) is 0 Å². The molecule has 0 rings (SSSR count). The van der Waals surface area contributed by atoms with E-state index >= 15 is 0 Å². The smallest absolute Gasteiger partial charge is 0.0436 e. The van der Waals surface area contributed by atoms with Crippen LogP contribution in [-0.4, -0.2) is 36.5 Å². The maximum absolute atomic E-state index is 8.82. The molecule has 3 nitrogen and oxygen atoms in total. The number of unbranched alkanes of at least 4 members (excludes halogenated alkanes) is 2. The molecule has 0 aliphatic carbocycles. The molecular formula is C11H25NO2. The second-order valence-corrected chi connectivity index (χ2v) is 4.60. The monoisotopic (exact) mass is 203 g/mol. The molecule has 0 unspecified atom stereocenters. The van der Waals surface area contributed by atoms with Gasteiger partial charge in [-0.15, -0.1) is 0 Å². The normalized spacial score (nSPS) is 12.0. The summed E-state index contributed by atoms with van der Waals surface area (Å²) in [5, 5.41) is 20.8. The number of hydrogen-bond acceptors (Lipinski definition) is 3. The summed E-state index contributed by atoms with van der Waals surface area (Å²) in [7, 11) is 0. The Kier molecular flexibility index (Phi) is 8.14. The zero-order valence-corrected chi connectivity index (χ0v) is 9.55. The predicted octanol–water partition coefficient (Wildman–Crippen LogP) is 1.15. The first-order chi connectivity index (χ1) is 6.62. The fourth-order valence-electron chi connectivity index (χ4n) is 1.36. The van der Waals surface area contributed by atoms with Crippen LogP contribution in [0.15, 0.2) is 0 Å². The quantitative estimate of drug-likeness (QED) is 0.493. The van der Waals surface area contributed by atoms with Crippen molar-refractivity contribution in [2.24, 2.45) is 5.41 Å². The molecule has 0 radical (unpaired) electrons. The van der Waals surface area contributed by atoms with Crippen molar-refractivity contribution >= 4 is 0 Å². The van der Waals surface area contributed by atoms with Crippen LogP contribution in [0.2, 0.25) is 0 Å². The van der Waals surface area contributed by atoms with Gasteiger partial charge >= 0.3 is 0 Å². The highest BCUT2D eigenvalue weighted by atomic mass is 16.3. The van der Waals surface area contributed by atoms with E-state index in [-0.39, 0.29) is 12.0 Å². The summed E-state index contributed by atoms with van der Waals surface area (Å²) in [4.78, 5) is 0. The molecule has 0 saturated carbocycles. The van der Waals surface area contributed by atoms with Crippen LogP contribution in [0.4, 0.5) is 0 Å². The van der Waals surface area contributed by atoms with Crippen molar-refractivity contribution in [1.29, 1.82) is 0 Å². The Bertz CT molecular complexity index is 126. The first-order valence-electron chi connectivity index (χ1n) is 5.55. The van der Waals surface area contributed by atoms with Crippen LogP contribution in [-0.2, 0) is 0 Å². The molecular weight excluding hydrogens is 178 g/mol. The van der Waals surface area contributed by atoms with Gasteiger partial charge in [0.05, 0.1) is 0 Å². The Labute approximate surface area is 87.5 Å². The Morgan fingerprint density at radius 1 is 1.00 bits per heavy atom. The summed E-state index contributed by atoms with van der Waals surface area (Å²) >= 11 is 0. The number of rotatable bonds is 9. The molecule has 14 heavy (non-hydrogen) atoms. The fourth-order valence-corrected chi connectivity index (χ4v) is 1.36. The van der Waals surface area contributed by atoms with Crippen LogP contribution < -0.4 is 5.32 Å². The molecule has 0 aromatic carbocycles. The standard InChI is InChI=1S/C11H25NO2/c1-11(2,6-9-14)10-12-7-4-3-5-8-13/h12-14H,3-10H2,1-2H3. The van der Waals surface area contributed by atoms with Gasteiger partial charge in [-0.1, -0.05) is 13.8 Å². The average molecular weight is 203 g/mol. The summed E-state index contributed by atoms with van der Waals surface area (Å²) in [5.41, 5.74) is 0.186. The third-order valence-corrected chi connectivity index (χ3v) is 2.40. The number of nitrogens with one attached hydrogen (secondary N) is 1. The van der Waals surface area contributed by atoms with Gasteiger partial charge in [0, 0.05) is 19.8 Å². The minimum Gasteiger partial charge on any atom is -0.396 e. The van der Waals surface area contributed by atoms with E-state index in [2.05, 4.69) is 19.2 Å². The van der Waals surface area contributed by atoms with Crippen LogP contribution >= 0.6 is 0 Å². The van der Waals surface area contributed by atoms with Crippen molar-refractivity contribution in [3.63, 3.8) is 0 Å². The second kappa shape index (κ2) is 8.21. The summed E-state index contributed by atoms with van der Waals surface area (Å²) < 4.78 is 0. The van der Waals surface area contributed by atoms with Gasteiger partial charge in [0.2, 0.25) is 0 Å². The van der Waals surface area contributed by atoms with E-state index < -0.39 is 0 Å². The molecule has 0 aromatic heterocycles. The molecule has 0 fully saturated rings. The third-order valence-electron chi connectivity index (χ3n) is 2.40. The van der Waals surface area contributed by atoms with Gasteiger partial charge in [0.25, 0.3) is 0 Å². The first-order valence-corrected chi connectivity index (χ1v) is 5.55. The minimum atomic E-state index is 0.186. The van der Waals surface area contributed by atoms with Crippen LogP contribution in [0.5, 0.6) is 0 Å². The molecule has 0 atom stereocenters. The third kappa shape index (κ3) is 8.48. The highest BCUT2D eigenvalue weighted by molar-refractivity contribution is 4.70. The maximum atomic E-state index is 8.82. The van der Waals surface area contributed by atoms with Gasteiger partial charge in [0.1, 0.15) is 0 Å². The van der Waals surface area contributed by atoms with Crippen molar-refractivity contribution in [3.8, 4) is 0 Å². The van der Waals surface area contributed by atoms with Crippen molar-refractivity contribution in [1.82, 2.24) is 5.32 Å². The molecule has 0 saturated heterocycles. The predicted molar refractivity (Wildman–Crippen MR) is 59.3 cm³/mol. The number of aliphatic hydroxyl groups excluding tert-OH is 2. The lowest BCUT2D eigenvalue weighted by atomic mass is 9.90. The summed E-state index contributed by atoms with van der Waals surface area (Å²) in [6.45, 7) is 6.84. The van der Waals surface area contributed by atoms with E-state index in [9.17, 15) is 0 Å². The number of aliphatic hydroxyl groups is 2. The van der Waals surface area contributed by atoms with Crippen LogP contribution in [0.1, 0.15) is 39.5 Å². The SMILES string of the molecule is CC(C)(CCO)CNCCCCCO. The second-order valence-electron chi connectivity index (χ2n) is 4.60. The topological polar surface area (TPSA) is 52.5 Å². The largest absolute Gasteiger partial charge is 0.396 e. The lowest BCUT2D eigenvalue weighted by Crippen LogP contribution is -2.30. The maximum Gasteiger partial charge on any atom is 0.0436 e. The van der Waals surface area contributed by atoms with Gasteiger partial charge in [-0.3, -0.25) is 0 Å². The molecule has 0 aromatic rings. The van der Waals surface area contributed by atoms with Crippen LogP contribution in [0.25, 0.3) is 0 Å². The molecule has 0 bridgehead atoms. The van der Waals surface area contributed by atoms with Gasteiger partial charge in [-0.05, 0) is 37.6 Å². The molecule has 3 heteroatoms. The Balaban J connectivity index is 3.26. The van der Waals surface area contributed by atoms with Crippen molar-refractivity contribution < 1.29 is 10.2 Å². The Hall–Kier alpha value is -0.120.